The van der Waals surface area contributed by atoms with Gasteiger partial charge in [0.25, 0.3) is 0 Å². The van der Waals surface area contributed by atoms with E-state index in [9.17, 15) is 19.3 Å². The smallest absolute Gasteiger partial charge is 0.394 e. The van der Waals surface area contributed by atoms with E-state index in [0.29, 0.717) is 42.2 Å². The van der Waals surface area contributed by atoms with Gasteiger partial charge in [-0.15, -0.1) is 9.05 Å². The van der Waals surface area contributed by atoms with E-state index in [2.05, 4.69) is 65.0 Å². The van der Waals surface area contributed by atoms with Gasteiger partial charge in [-0.2, -0.15) is 0 Å². The van der Waals surface area contributed by atoms with Gasteiger partial charge in [0, 0.05) is 13.1 Å². The molecule has 4 aromatic heterocycles. The molecule has 18 nitrogen and oxygen atoms in total. The Labute approximate surface area is 288 Å². The van der Waals surface area contributed by atoms with Crippen LogP contribution in [0.15, 0.2) is 37.5 Å². The van der Waals surface area contributed by atoms with Crippen LogP contribution in [0.2, 0.25) is 0 Å². The predicted octanol–water partition coefficient (Wildman–Crippen LogP) is 2.84. The highest BCUT2D eigenvalue weighted by Gasteiger charge is 2.52. The van der Waals surface area contributed by atoms with Crippen LogP contribution in [0.25, 0.3) is 22.3 Å². The Morgan fingerprint density at radius 1 is 0.796 bits per heavy atom. The lowest BCUT2D eigenvalue weighted by atomic mass is 10.1. The van der Waals surface area contributed by atoms with E-state index in [1.807, 2.05) is 12.2 Å². The summed E-state index contributed by atoms with van der Waals surface area (Å²) in [4.78, 5) is 25.5. The number of hydrogen-bond donors (Lipinski definition) is 6. The SMILES string of the molecule is O=[P+](S)O[C@@H]1[C@@H](CO)OC(n2cnc3c(NC/C=C/CCNc4ncnc5c4ncn5[C@@H]4OC(CO)[C@@H](O[P+](=O)S)[C@H]4F)ncnc32)[C@@H]1F. The number of aliphatic hydroxyl groups is 2. The van der Waals surface area contributed by atoms with Gasteiger partial charge in [-0.05, 0) is 15.6 Å². The highest BCUT2D eigenvalue weighted by atomic mass is 32.7. The summed E-state index contributed by atoms with van der Waals surface area (Å²) in [5.41, 5.74) is 1.30. The van der Waals surface area contributed by atoms with Crippen LogP contribution in [0.3, 0.4) is 0 Å². The van der Waals surface area contributed by atoms with Crippen molar-refractivity contribution < 1.29 is 46.6 Å². The molecule has 4 unspecified atom stereocenters. The van der Waals surface area contributed by atoms with Crippen molar-refractivity contribution in [1.82, 2.24) is 39.0 Å². The molecule has 2 fully saturated rings. The second-order valence-corrected chi connectivity index (χ2v) is 14.0. The van der Waals surface area contributed by atoms with Gasteiger partial charge in [0.1, 0.15) is 49.4 Å². The molecule has 2 aliphatic rings. The Kier molecular flexibility index (Phi) is 11.6. The van der Waals surface area contributed by atoms with Crippen molar-refractivity contribution in [3.05, 3.63) is 37.5 Å². The average Bonchev–Trinajstić information content (AvgIpc) is 3.85. The first-order valence-corrected chi connectivity index (χ1v) is 19.3. The number of thiol groups is 2. The summed E-state index contributed by atoms with van der Waals surface area (Å²) in [6.07, 6.45) is -1.06. The molecule has 0 aliphatic carbocycles. The first kappa shape index (κ1) is 35.8. The van der Waals surface area contributed by atoms with E-state index < -0.39 is 76.9 Å². The van der Waals surface area contributed by atoms with Gasteiger partial charge in [-0.1, -0.05) is 12.2 Å². The normalized spacial score (nSPS) is 27.8. The minimum atomic E-state index is -2.43. The summed E-state index contributed by atoms with van der Waals surface area (Å²) in [6, 6.07) is 0. The van der Waals surface area contributed by atoms with E-state index in [1.54, 1.807) is 0 Å². The number of anilines is 2. The Hall–Kier alpha value is -3.04. The maximum absolute atomic E-state index is 15.2. The van der Waals surface area contributed by atoms with Crippen LogP contribution >= 0.6 is 39.0 Å². The zero-order valence-electron chi connectivity index (χ0n) is 25.1. The number of aromatic nitrogens is 8. The number of ether oxygens (including phenoxy) is 2. The van der Waals surface area contributed by atoms with Crippen molar-refractivity contribution in [3.63, 3.8) is 0 Å². The number of nitrogens with one attached hydrogen (secondary N) is 2. The fourth-order valence-corrected chi connectivity index (χ4v) is 7.13. The van der Waals surface area contributed by atoms with E-state index in [-0.39, 0.29) is 11.3 Å². The van der Waals surface area contributed by atoms with Crippen molar-refractivity contribution in [2.45, 2.75) is 55.6 Å². The largest absolute Gasteiger partial charge is 0.582 e. The Balaban J connectivity index is 1.03. The Morgan fingerprint density at radius 2 is 1.29 bits per heavy atom. The molecule has 0 amide bonds. The van der Waals surface area contributed by atoms with Crippen LogP contribution in [0, 0.1) is 0 Å². The lowest BCUT2D eigenvalue weighted by Crippen LogP contribution is -2.31. The molecule has 4 aromatic rings. The van der Waals surface area contributed by atoms with Gasteiger partial charge < -0.3 is 30.3 Å². The third-order valence-corrected chi connectivity index (χ3v) is 9.15. The van der Waals surface area contributed by atoms with Crippen molar-refractivity contribution >= 4 is 72.9 Å². The molecule has 2 aliphatic heterocycles. The molecule has 6 heterocycles. The molecule has 0 radical (unpaired) electrons. The monoisotopic (exact) mass is 762 g/mol. The first-order valence-electron chi connectivity index (χ1n) is 14.7. The number of fused-ring (bicyclic) bond motifs is 2. The maximum atomic E-state index is 15.2. The molecular formula is C25H30F2N10O8P2S2+2. The number of nitrogens with zero attached hydrogens (tertiary/aromatic N) is 8. The fourth-order valence-electron chi connectivity index (χ4n) is 5.56. The van der Waals surface area contributed by atoms with Crippen LogP contribution in [0.4, 0.5) is 20.4 Å². The summed E-state index contributed by atoms with van der Waals surface area (Å²) in [5, 5.41) is 25.5. The molecular weight excluding hydrogens is 732 g/mol. The zero-order valence-corrected chi connectivity index (χ0v) is 28.7. The lowest BCUT2D eigenvalue weighted by Gasteiger charge is -2.15. The highest BCUT2D eigenvalue weighted by Crippen LogP contribution is 2.42. The van der Waals surface area contributed by atoms with Crippen molar-refractivity contribution in [2.75, 3.05) is 36.9 Å². The standard InChI is InChI=1S/C25H28F2N10O8P2S2/c26-14-18(44-46(40)48)12(6-38)42-24(14)36-10-34-16-20(30-8-32-22(16)36)28-4-2-1-3-5-29-21-17-23(33-9-31-21)37(11-35-17)25-15(27)19(45-47(41)49)13(7-39)43-25/h1-2,8-15,18-19,24-25,38-39H,3-7H2,(H2-2,28,29,30,31,32,33,40,41,48,49)/p+2/b2-1+/t12-,13?,14-,15-,18-,19-,24?,25-/m1/s1. The van der Waals surface area contributed by atoms with Gasteiger partial charge in [-0.3, -0.25) is 9.13 Å². The van der Waals surface area contributed by atoms with Gasteiger partial charge in [-0.25, -0.2) is 38.7 Å². The summed E-state index contributed by atoms with van der Waals surface area (Å²) < 4.78 is 77.4. The van der Waals surface area contributed by atoms with E-state index in [1.165, 1.54) is 34.4 Å². The quantitative estimate of drug-likeness (QED) is 0.0444. The molecule has 6 rings (SSSR count). The third-order valence-electron chi connectivity index (χ3n) is 7.74. The number of aliphatic hydroxyl groups excluding tert-OH is 2. The molecule has 0 saturated carbocycles. The average molecular weight is 763 g/mol. The van der Waals surface area contributed by atoms with Gasteiger partial charge in [0.05, 0.1) is 25.9 Å². The third kappa shape index (κ3) is 7.53. The number of alkyl halides is 2. The van der Waals surface area contributed by atoms with E-state index in [4.69, 9.17) is 18.5 Å². The molecule has 0 spiro atoms. The number of imidazole rings is 2. The fraction of sp³-hybridized carbons (Fsp3) is 0.520. The number of rotatable bonds is 15. The molecule has 262 valence electrons. The Morgan fingerprint density at radius 3 is 1.76 bits per heavy atom. The lowest BCUT2D eigenvalue weighted by molar-refractivity contribution is -0.0427. The second-order valence-electron chi connectivity index (χ2n) is 10.7. The summed E-state index contributed by atoms with van der Waals surface area (Å²) >= 11 is 7.35. The van der Waals surface area contributed by atoms with Gasteiger partial charge >= 0.3 is 14.5 Å². The molecule has 0 bridgehead atoms. The summed E-state index contributed by atoms with van der Waals surface area (Å²) in [6.45, 7) is -0.261. The molecule has 24 heteroatoms. The minimum Gasteiger partial charge on any atom is -0.394 e. The minimum absolute atomic E-state index is 0.280. The highest BCUT2D eigenvalue weighted by molar-refractivity contribution is 8.39. The molecule has 49 heavy (non-hydrogen) atoms. The van der Waals surface area contributed by atoms with Gasteiger partial charge in [0.15, 0.2) is 71.0 Å². The predicted molar refractivity (Wildman–Crippen MR) is 176 cm³/mol. The van der Waals surface area contributed by atoms with E-state index in [0.717, 1.165) is 0 Å². The molecule has 4 N–H and O–H groups in total. The van der Waals surface area contributed by atoms with Crippen molar-refractivity contribution in [3.8, 4) is 0 Å². The summed E-state index contributed by atoms with van der Waals surface area (Å²) in [5.74, 6) is 0.810. The van der Waals surface area contributed by atoms with Crippen LogP contribution in [-0.2, 0) is 27.7 Å². The first-order chi connectivity index (χ1) is 23.7. The number of hydrogen-bond acceptors (Lipinski definition) is 16. The molecule has 2 saturated heterocycles. The van der Waals surface area contributed by atoms with Crippen molar-refractivity contribution in [1.29, 1.82) is 0 Å². The van der Waals surface area contributed by atoms with Crippen LogP contribution < -0.4 is 10.6 Å². The van der Waals surface area contributed by atoms with Gasteiger partial charge in [0.2, 0.25) is 0 Å². The summed E-state index contributed by atoms with van der Waals surface area (Å²) in [7, 11) is -4.85. The molecule has 10 atom stereocenters. The van der Waals surface area contributed by atoms with Crippen LogP contribution in [0.5, 0.6) is 0 Å². The Bertz CT molecular complexity index is 1840. The van der Waals surface area contributed by atoms with Crippen molar-refractivity contribution in [2.24, 2.45) is 0 Å². The second kappa shape index (κ2) is 15.9. The van der Waals surface area contributed by atoms with Crippen LogP contribution in [0.1, 0.15) is 18.9 Å². The zero-order chi connectivity index (χ0) is 34.7. The van der Waals surface area contributed by atoms with Crippen LogP contribution in [-0.4, -0.2) is 112 Å². The van der Waals surface area contributed by atoms with E-state index >= 15 is 8.78 Å². The maximum Gasteiger partial charge on any atom is 0.582 e. The molecule has 0 aromatic carbocycles. The number of halogens is 2. The topological polar surface area (TPSA) is 223 Å².